The number of amides is 1. The Morgan fingerprint density at radius 2 is 2.21 bits per heavy atom. The fourth-order valence-electron chi connectivity index (χ4n) is 1.17. The number of rotatable bonds is 3. The van der Waals surface area contributed by atoms with Crippen molar-refractivity contribution in [2.45, 2.75) is 6.42 Å². The maximum atomic E-state index is 11.0. The van der Waals surface area contributed by atoms with Gasteiger partial charge in [-0.2, -0.15) is 0 Å². The topological polar surface area (TPSA) is 55.1 Å². The van der Waals surface area contributed by atoms with Crippen LogP contribution < -0.4 is 11.1 Å². The summed E-state index contributed by atoms with van der Waals surface area (Å²) in [6, 6.07) is 7.46. The van der Waals surface area contributed by atoms with Crippen molar-refractivity contribution in [2.24, 2.45) is 5.73 Å². The van der Waals surface area contributed by atoms with Crippen LogP contribution in [0.1, 0.15) is 5.56 Å². The first-order valence-electron chi connectivity index (χ1n) is 4.33. The lowest BCUT2D eigenvalue weighted by atomic mass is 10.1. The Balaban J connectivity index is 2.85. The summed E-state index contributed by atoms with van der Waals surface area (Å²) in [5.74, 6) is 1.57. The molecule has 0 atom stereocenters. The molecule has 3 nitrogen and oxygen atoms in total. The Hall–Kier alpha value is -1.79. The molecule has 0 spiro atoms. The van der Waals surface area contributed by atoms with E-state index in [0.29, 0.717) is 6.54 Å². The van der Waals surface area contributed by atoms with Gasteiger partial charge in [-0.15, -0.1) is 6.42 Å². The molecule has 0 fully saturated rings. The van der Waals surface area contributed by atoms with Crippen molar-refractivity contribution in [1.82, 2.24) is 0 Å². The van der Waals surface area contributed by atoms with Gasteiger partial charge in [0.15, 0.2) is 0 Å². The van der Waals surface area contributed by atoms with E-state index in [0.717, 1.165) is 17.7 Å². The van der Waals surface area contributed by atoms with E-state index in [9.17, 15) is 4.79 Å². The van der Waals surface area contributed by atoms with Crippen LogP contribution in [-0.2, 0) is 11.2 Å². The van der Waals surface area contributed by atoms with Gasteiger partial charge < -0.3 is 11.1 Å². The maximum absolute atomic E-state index is 11.0. The minimum Gasteiger partial charge on any atom is -0.330 e. The van der Waals surface area contributed by atoms with E-state index in [1.807, 2.05) is 24.1 Å². The SMILES string of the molecule is C#CC(=O)Nc1ccccc1CCN. The van der Waals surface area contributed by atoms with Crippen molar-refractivity contribution in [2.75, 3.05) is 11.9 Å². The molecule has 0 aromatic heterocycles. The summed E-state index contributed by atoms with van der Waals surface area (Å²) in [7, 11) is 0. The second-order valence-corrected chi connectivity index (χ2v) is 2.79. The Morgan fingerprint density at radius 3 is 2.86 bits per heavy atom. The molecular formula is C11H12N2O. The summed E-state index contributed by atoms with van der Waals surface area (Å²) < 4.78 is 0. The summed E-state index contributed by atoms with van der Waals surface area (Å²) >= 11 is 0. The van der Waals surface area contributed by atoms with Crippen molar-refractivity contribution in [3.05, 3.63) is 29.8 Å². The predicted molar refractivity (Wildman–Crippen MR) is 56.7 cm³/mol. The number of carbonyl (C=O) groups excluding carboxylic acids is 1. The third kappa shape index (κ3) is 2.61. The highest BCUT2D eigenvalue weighted by atomic mass is 16.1. The van der Waals surface area contributed by atoms with E-state index < -0.39 is 5.91 Å². The highest BCUT2D eigenvalue weighted by Crippen LogP contribution is 2.14. The molecular weight excluding hydrogens is 176 g/mol. The Morgan fingerprint density at radius 1 is 1.50 bits per heavy atom. The number of nitrogens with two attached hydrogens (primary N) is 1. The molecule has 0 unspecified atom stereocenters. The Labute approximate surface area is 83.3 Å². The minimum atomic E-state index is -0.436. The zero-order valence-corrected chi connectivity index (χ0v) is 7.79. The fraction of sp³-hybridized carbons (Fsp3) is 0.182. The first-order valence-corrected chi connectivity index (χ1v) is 4.33. The van der Waals surface area contributed by atoms with Crippen LogP contribution in [0.25, 0.3) is 0 Å². The van der Waals surface area contributed by atoms with Gasteiger partial charge in [0.2, 0.25) is 0 Å². The van der Waals surface area contributed by atoms with Crippen LogP contribution >= 0.6 is 0 Å². The largest absolute Gasteiger partial charge is 0.330 e. The van der Waals surface area contributed by atoms with E-state index in [1.54, 1.807) is 6.07 Å². The predicted octanol–water partition coefficient (Wildman–Crippen LogP) is 0.759. The lowest BCUT2D eigenvalue weighted by Crippen LogP contribution is -2.11. The number of nitrogens with one attached hydrogen (secondary N) is 1. The van der Waals surface area contributed by atoms with Crippen molar-refractivity contribution in [3.63, 3.8) is 0 Å². The van der Waals surface area contributed by atoms with Crippen LogP contribution in [0.5, 0.6) is 0 Å². The first-order chi connectivity index (χ1) is 6.77. The maximum Gasteiger partial charge on any atom is 0.300 e. The smallest absolute Gasteiger partial charge is 0.300 e. The van der Waals surface area contributed by atoms with E-state index in [4.69, 9.17) is 12.2 Å². The van der Waals surface area contributed by atoms with Gasteiger partial charge in [0.25, 0.3) is 5.91 Å². The number of para-hydroxylation sites is 1. The second kappa shape index (κ2) is 5.05. The highest BCUT2D eigenvalue weighted by Gasteiger charge is 2.02. The number of terminal acetylenes is 1. The summed E-state index contributed by atoms with van der Waals surface area (Å²) in [5, 5.41) is 2.61. The molecule has 0 heterocycles. The average molecular weight is 188 g/mol. The van der Waals surface area contributed by atoms with Crippen LogP contribution in [-0.4, -0.2) is 12.5 Å². The molecule has 3 N–H and O–H groups in total. The number of anilines is 1. The number of carbonyl (C=O) groups is 1. The number of hydrogen-bond acceptors (Lipinski definition) is 2. The van der Waals surface area contributed by atoms with Gasteiger partial charge >= 0.3 is 0 Å². The molecule has 0 aliphatic rings. The van der Waals surface area contributed by atoms with Gasteiger partial charge in [0, 0.05) is 5.69 Å². The van der Waals surface area contributed by atoms with Gasteiger partial charge in [-0.1, -0.05) is 18.2 Å². The molecule has 0 aliphatic carbocycles. The summed E-state index contributed by atoms with van der Waals surface area (Å²) in [4.78, 5) is 11.0. The van der Waals surface area contributed by atoms with E-state index in [-0.39, 0.29) is 0 Å². The van der Waals surface area contributed by atoms with Crippen molar-refractivity contribution < 1.29 is 4.79 Å². The highest BCUT2D eigenvalue weighted by molar-refractivity contribution is 6.03. The van der Waals surface area contributed by atoms with Crippen molar-refractivity contribution in [1.29, 1.82) is 0 Å². The first kappa shape index (κ1) is 10.3. The molecule has 0 radical (unpaired) electrons. The Kier molecular flexibility index (Phi) is 3.71. The molecule has 1 rings (SSSR count). The molecule has 0 saturated heterocycles. The van der Waals surface area contributed by atoms with E-state index in [1.165, 1.54) is 0 Å². The zero-order chi connectivity index (χ0) is 10.4. The molecule has 1 aromatic carbocycles. The molecule has 1 amide bonds. The standard InChI is InChI=1S/C11H12N2O/c1-2-11(14)13-10-6-4-3-5-9(10)7-8-12/h1,3-6H,7-8,12H2,(H,13,14). The van der Waals surface area contributed by atoms with Gasteiger partial charge in [0.1, 0.15) is 0 Å². The van der Waals surface area contributed by atoms with Crippen molar-refractivity contribution in [3.8, 4) is 12.3 Å². The molecule has 1 aromatic rings. The molecule has 0 aliphatic heterocycles. The average Bonchev–Trinajstić information content (AvgIpc) is 2.21. The second-order valence-electron chi connectivity index (χ2n) is 2.79. The monoisotopic (exact) mass is 188 g/mol. The zero-order valence-electron chi connectivity index (χ0n) is 7.79. The normalized spacial score (nSPS) is 9.14. The lowest BCUT2D eigenvalue weighted by molar-refractivity contribution is -0.111. The molecule has 72 valence electrons. The van der Waals surface area contributed by atoms with Crippen LogP contribution in [0, 0.1) is 12.3 Å². The van der Waals surface area contributed by atoms with Gasteiger partial charge in [-0.25, -0.2) is 0 Å². The van der Waals surface area contributed by atoms with Crippen LogP contribution in [0.15, 0.2) is 24.3 Å². The Bertz CT molecular complexity index is 366. The quantitative estimate of drug-likeness (QED) is 0.688. The number of hydrogen-bond donors (Lipinski definition) is 2. The van der Waals surface area contributed by atoms with E-state index in [2.05, 4.69) is 5.32 Å². The lowest BCUT2D eigenvalue weighted by Gasteiger charge is -2.07. The molecule has 3 heteroatoms. The van der Waals surface area contributed by atoms with E-state index >= 15 is 0 Å². The summed E-state index contributed by atoms with van der Waals surface area (Å²) in [5.41, 5.74) is 7.18. The summed E-state index contributed by atoms with van der Waals surface area (Å²) in [6.07, 6.45) is 5.68. The van der Waals surface area contributed by atoms with Gasteiger partial charge in [0.05, 0.1) is 0 Å². The third-order valence-corrected chi connectivity index (χ3v) is 1.81. The molecule has 14 heavy (non-hydrogen) atoms. The third-order valence-electron chi connectivity index (χ3n) is 1.81. The van der Waals surface area contributed by atoms with Crippen molar-refractivity contribution >= 4 is 11.6 Å². The van der Waals surface area contributed by atoms with Crippen LogP contribution in [0.4, 0.5) is 5.69 Å². The van der Waals surface area contributed by atoms with Crippen LogP contribution in [0.3, 0.4) is 0 Å². The number of benzene rings is 1. The molecule has 0 bridgehead atoms. The molecule has 0 saturated carbocycles. The van der Waals surface area contributed by atoms with Gasteiger partial charge in [-0.3, -0.25) is 4.79 Å². The summed E-state index contributed by atoms with van der Waals surface area (Å²) in [6.45, 7) is 0.545. The van der Waals surface area contributed by atoms with Gasteiger partial charge in [-0.05, 0) is 30.5 Å². The van der Waals surface area contributed by atoms with Crippen LogP contribution in [0.2, 0.25) is 0 Å². The minimum absolute atomic E-state index is 0.436. The fourth-order valence-corrected chi connectivity index (χ4v) is 1.17.